The molecule has 1 amide bonds. The summed E-state index contributed by atoms with van der Waals surface area (Å²) in [6.45, 7) is 1.87. The van der Waals surface area contributed by atoms with Crippen molar-refractivity contribution in [3.05, 3.63) is 95.5 Å². The van der Waals surface area contributed by atoms with E-state index in [0.29, 0.717) is 5.76 Å². The molecule has 1 aromatic heterocycles. The maximum absolute atomic E-state index is 12.4. The SMILES string of the molecule is COc1ccc(C(NC(=O)/C=C/c2ccc(C)o2)c2ccccc2)cc1. The summed E-state index contributed by atoms with van der Waals surface area (Å²) in [6, 6.07) is 21.0. The summed E-state index contributed by atoms with van der Waals surface area (Å²) < 4.78 is 10.7. The molecular formula is C22H21NO3. The molecule has 4 nitrogen and oxygen atoms in total. The fourth-order valence-electron chi connectivity index (χ4n) is 2.69. The first-order valence-electron chi connectivity index (χ1n) is 8.39. The van der Waals surface area contributed by atoms with Gasteiger partial charge >= 0.3 is 0 Å². The number of benzene rings is 2. The predicted molar refractivity (Wildman–Crippen MR) is 102 cm³/mol. The molecule has 0 spiro atoms. The smallest absolute Gasteiger partial charge is 0.244 e. The van der Waals surface area contributed by atoms with Crippen LogP contribution >= 0.6 is 0 Å². The summed E-state index contributed by atoms with van der Waals surface area (Å²) >= 11 is 0. The molecular weight excluding hydrogens is 326 g/mol. The highest BCUT2D eigenvalue weighted by Gasteiger charge is 2.15. The first kappa shape index (κ1) is 17.5. The van der Waals surface area contributed by atoms with Crippen LogP contribution in [-0.2, 0) is 4.79 Å². The van der Waals surface area contributed by atoms with E-state index in [4.69, 9.17) is 9.15 Å². The van der Waals surface area contributed by atoms with E-state index in [0.717, 1.165) is 22.6 Å². The molecule has 0 fully saturated rings. The van der Waals surface area contributed by atoms with Gasteiger partial charge in [-0.2, -0.15) is 0 Å². The molecule has 132 valence electrons. The van der Waals surface area contributed by atoms with Gasteiger partial charge in [-0.05, 0) is 48.4 Å². The maximum atomic E-state index is 12.4. The molecule has 1 unspecified atom stereocenters. The molecule has 4 heteroatoms. The van der Waals surface area contributed by atoms with Crippen molar-refractivity contribution < 1.29 is 13.9 Å². The molecule has 0 aliphatic carbocycles. The van der Waals surface area contributed by atoms with Gasteiger partial charge < -0.3 is 14.5 Å². The summed E-state index contributed by atoms with van der Waals surface area (Å²) in [6.07, 6.45) is 3.15. The van der Waals surface area contributed by atoms with Gasteiger partial charge in [0.2, 0.25) is 5.91 Å². The van der Waals surface area contributed by atoms with E-state index in [-0.39, 0.29) is 11.9 Å². The van der Waals surface area contributed by atoms with Crippen LogP contribution in [0.5, 0.6) is 5.75 Å². The van der Waals surface area contributed by atoms with Gasteiger partial charge in [-0.3, -0.25) is 4.79 Å². The molecule has 2 aromatic carbocycles. The monoisotopic (exact) mass is 347 g/mol. The standard InChI is InChI=1S/C22H21NO3/c1-16-8-11-20(26-16)14-15-21(24)23-22(17-6-4-3-5-7-17)18-9-12-19(25-2)13-10-18/h3-15,22H,1-2H3,(H,23,24)/b15-14+. The lowest BCUT2D eigenvalue weighted by molar-refractivity contribution is -0.116. The fourth-order valence-corrected chi connectivity index (χ4v) is 2.69. The number of amides is 1. The Bertz CT molecular complexity index is 879. The molecule has 1 atom stereocenters. The number of carbonyl (C=O) groups is 1. The molecule has 0 saturated heterocycles. The van der Waals surface area contributed by atoms with E-state index >= 15 is 0 Å². The Morgan fingerprint density at radius 2 is 1.69 bits per heavy atom. The van der Waals surface area contributed by atoms with Crippen LogP contribution in [0.25, 0.3) is 6.08 Å². The lowest BCUT2D eigenvalue weighted by atomic mass is 9.98. The highest BCUT2D eigenvalue weighted by molar-refractivity contribution is 5.91. The fraction of sp³-hybridized carbons (Fsp3) is 0.136. The molecule has 1 heterocycles. The molecule has 0 aliphatic heterocycles. The third-order valence-corrected chi connectivity index (χ3v) is 4.03. The number of hydrogen-bond donors (Lipinski definition) is 1. The van der Waals surface area contributed by atoms with Crippen LogP contribution in [0.1, 0.15) is 28.7 Å². The lowest BCUT2D eigenvalue weighted by Crippen LogP contribution is -2.27. The molecule has 1 N–H and O–H groups in total. The third-order valence-electron chi connectivity index (χ3n) is 4.03. The van der Waals surface area contributed by atoms with Crippen LogP contribution in [0.4, 0.5) is 0 Å². The van der Waals surface area contributed by atoms with E-state index in [1.54, 1.807) is 13.2 Å². The average Bonchev–Trinajstić information content (AvgIpc) is 3.10. The highest BCUT2D eigenvalue weighted by Crippen LogP contribution is 2.24. The average molecular weight is 347 g/mol. The largest absolute Gasteiger partial charge is 0.497 e. The Labute approximate surface area is 153 Å². The Kier molecular flexibility index (Phi) is 5.54. The van der Waals surface area contributed by atoms with Crippen molar-refractivity contribution in [2.45, 2.75) is 13.0 Å². The molecule has 26 heavy (non-hydrogen) atoms. The van der Waals surface area contributed by atoms with Crippen molar-refractivity contribution >= 4 is 12.0 Å². The second kappa shape index (κ2) is 8.21. The van der Waals surface area contributed by atoms with Crippen molar-refractivity contribution in [3.63, 3.8) is 0 Å². The minimum absolute atomic E-state index is 0.191. The van der Waals surface area contributed by atoms with Gasteiger partial charge in [0.15, 0.2) is 0 Å². The number of methoxy groups -OCH3 is 1. The number of hydrogen-bond acceptors (Lipinski definition) is 3. The number of carbonyl (C=O) groups excluding carboxylic acids is 1. The number of furan rings is 1. The van der Waals surface area contributed by atoms with E-state index in [1.807, 2.05) is 73.7 Å². The van der Waals surface area contributed by atoms with E-state index in [1.165, 1.54) is 6.08 Å². The minimum Gasteiger partial charge on any atom is -0.497 e. The number of aryl methyl sites for hydroxylation is 1. The van der Waals surface area contributed by atoms with Crippen molar-refractivity contribution in [3.8, 4) is 5.75 Å². The van der Waals surface area contributed by atoms with Gasteiger partial charge in [0, 0.05) is 6.08 Å². The highest BCUT2D eigenvalue weighted by atomic mass is 16.5. The first-order chi connectivity index (χ1) is 12.7. The van der Waals surface area contributed by atoms with Crippen LogP contribution in [0.2, 0.25) is 0 Å². The zero-order valence-corrected chi connectivity index (χ0v) is 14.8. The summed E-state index contributed by atoms with van der Waals surface area (Å²) in [7, 11) is 1.63. The molecule has 0 aliphatic rings. The Hall–Kier alpha value is -3.27. The molecule has 0 radical (unpaired) electrons. The summed E-state index contributed by atoms with van der Waals surface area (Å²) in [5.41, 5.74) is 1.99. The lowest BCUT2D eigenvalue weighted by Gasteiger charge is -2.19. The van der Waals surface area contributed by atoms with Crippen LogP contribution < -0.4 is 10.1 Å². The van der Waals surface area contributed by atoms with E-state index in [2.05, 4.69) is 5.32 Å². The van der Waals surface area contributed by atoms with Gasteiger partial charge in [-0.1, -0.05) is 42.5 Å². The first-order valence-corrected chi connectivity index (χ1v) is 8.39. The van der Waals surface area contributed by atoms with Crippen molar-refractivity contribution in [2.24, 2.45) is 0 Å². The van der Waals surface area contributed by atoms with Crippen molar-refractivity contribution in [1.82, 2.24) is 5.32 Å². The van der Waals surface area contributed by atoms with E-state index in [9.17, 15) is 4.79 Å². The molecule has 0 saturated carbocycles. The number of ether oxygens (including phenoxy) is 1. The Balaban J connectivity index is 1.81. The van der Waals surface area contributed by atoms with Gasteiger partial charge in [0.05, 0.1) is 13.2 Å². The normalized spacial score (nSPS) is 12.1. The van der Waals surface area contributed by atoms with Crippen molar-refractivity contribution in [2.75, 3.05) is 7.11 Å². The second-order valence-electron chi connectivity index (χ2n) is 5.91. The molecule has 3 rings (SSSR count). The Morgan fingerprint density at radius 3 is 2.31 bits per heavy atom. The van der Waals surface area contributed by atoms with Crippen LogP contribution in [-0.4, -0.2) is 13.0 Å². The summed E-state index contributed by atoms with van der Waals surface area (Å²) in [4.78, 5) is 12.4. The minimum atomic E-state index is -0.252. The van der Waals surface area contributed by atoms with Crippen LogP contribution in [0.3, 0.4) is 0 Å². The third kappa shape index (κ3) is 4.42. The second-order valence-corrected chi connectivity index (χ2v) is 5.91. The van der Waals surface area contributed by atoms with Crippen LogP contribution in [0, 0.1) is 6.92 Å². The van der Waals surface area contributed by atoms with Crippen molar-refractivity contribution in [1.29, 1.82) is 0 Å². The number of nitrogens with one attached hydrogen (secondary N) is 1. The summed E-state index contributed by atoms with van der Waals surface area (Å²) in [5, 5.41) is 3.06. The summed E-state index contributed by atoms with van der Waals surface area (Å²) in [5.74, 6) is 2.05. The van der Waals surface area contributed by atoms with Gasteiger partial charge in [0.1, 0.15) is 17.3 Å². The number of rotatable bonds is 6. The zero-order valence-electron chi connectivity index (χ0n) is 14.8. The van der Waals surface area contributed by atoms with Gasteiger partial charge in [-0.25, -0.2) is 0 Å². The van der Waals surface area contributed by atoms with Gasteiger partial charge in [0.25, 0.3) is 0 Å². The Morgan fingerprint density at radius 1 is 1.00 bits per heavy atom. The molecule has 0 bridgehead atoms. The predicted octanol–water partition coefficient (Wildman–Crippen LogP) is 4.52. The maximum Gasteiger partial charge on any atom is 0.244 e. The zero-order chi connectivity index (χ0) is 18.4. The van der Waals surface area contributed by atoms with E-state index < -0.39 is 0 Å². The van der Waals surface area contributed by atoms with Crippen LogP contribution in [0.15, 0.2) is 77.2 Å². The van der Waals surface area contributed by atoms with Gasteiger partial charge in [-0.15, -0.1) is 0 Å². The molecule has 3 aromatic rings. The quantitative estimate of drug-likeness (QED) is 0.667. The topological polar surface area (TPSA) is 51.5 Å².